The lowest BCUT2D eigenvalue weighted by atomic mass is 10.2. The summed E-state index contributed by atoms with van der Waals surface area (Å²) in [5.41, 5.74) is 0.740. The summed E-state index contributed by atoms with van der Waals surface area (Å²) >= 11 is 5.56. The zero-order valence-corrected chi connectivity index (χ0v) is 8.33. The first-order valence-electron chi connectivity index (χ1n) is 3.72. The van der Waals surface area contributed by atoms with Crippen molar-refractivity contribution in [3.63, 3.8) is 0 Å². The molecule has 1 N–H and O–H groups in total. The minimum Gasteiger partial charge on any atom is -0.392 e. The molecular weight excluding hydrogens is 207 g/mol. The van der Waals surface area contributed by atoms with Gasteiger partial charge in [0, 0.05) is 15.0 Å². The molecule has 0 fully saturated rings. The molecule has 0 radical (unpaired) electrons. The average molecular weight is 214 g/mol. The van der Waals surface area contributed by atoms with Gasteiger partial charge in [0.05, 0.1) is 6.61 Å². The molecule has 2 aromatic rings. The first-order chi connectivity index (χ1) is 6.24. The number of fused-ring (bicyclic) bond motifs is 1. The number of rotatable bonds is 1. The van der Waals surface area contributed by atoms with Gasteiger partial charge in [-0.25, -0.2) is 4.39 Å². The van der Waals surface area contributed by atoms with Crippen LogP contribution in [0.2, 0.25) is 0 Å². The van der Waals surface area contributed by atoms with Crippen LogP contribution in [0.1, 0.15) is 5.56 Å². The molecule has 0 bridgehead atoms. The summed E-state index contributed by atoms with van der Waals surface area (Å²) in [6, 6.07) is 3.09. The van der Waals surface area contributed by atoms with E-state index in [9.17, 15) is 4.39 Å². The number of benzene rings is 1. The van der Waals surface area contributed by atoms with Crippen LogP contribution in [0.5, 0.6) is 0 Å². The maximum atomic E-state index is 13.1. The molecule has 0 amide bonds. The van der Waals surface area contributed by atoms with E-state index in [0.717, 1.165) is 15.6 Å². The molecule has 1 aromatic carbocycles. The van der Waals surface area contributed by atoms with Crippen molar-refractivity contribution in [2.24, 2.45) is 0 Å². The lowest BCUT2D eigenvalue weighted by Crippen LogP contribution is -1.83. The van der Waals surface area contributed by atoms with Gasteiger partial charge < -0.3 is 5.11 Å². The third kappa shape index (κ3) is 1.35. The average Bonchev–Trinajstić information content (AvgIpc) is 2.55. The Hall–Kier alpha value is -0.580. The SMILES string of the molecule is OCc1csc2ccc(F)c(S)c12. The molecule has 13 heavy (non-hydrogen) atoms. The molecule has 1 aromatic heterocycles. The van der Waals surface area contributed by atoms with Gasteiger partial charge in [-0.2, -0.15) is 0 Å². The molecule has 0 spiro atoms. The molecule has 4 heteroatoms. The summed E-state index contributed by atoms with van der Waals surface area (Å²) in [6.45, 7) is -0.0724. The fraction of sp³-hybridized carbons (Fsp3) is 0.111. The highest BCUT2D eigenvalue weighted by Crippen LogP contribution is 2.32. The van der Waals surface area contributed by atoms with Gasteiger partial charge in [-0.3, -0.25) is 0 Å². The Morgan fingerprint density at radius 1 is 1.46 bits per heavy atom. The van der Waals surface area contributed by atoms with Crippen molar-refractivity contribution in [1.29, 1.82) is 0 Å². The predicted octanol–water partition coefficient (Wildman–Crippen LogP) is 2.82. The molecular formula is C9H7FOS2. The van der Waals surface area contributed by atoms with Crippen molar-refractivity contribution in [3.05, 3.63) is 28.9 Å². The number of hydrogen-bond donors (Lipinski definition) is 2. The molecule has 68 valence electrons. The second-order valence-electron chi connectivity index (χ2n) is 2.69. The third-order valence-corrected chi connectivity index (χ3v) is 3.34. The van der Waals surface area contributed by atoms with E-state index in [1.807, 2.05) is 5.38 Å². The van der Waals surface area contributed by atoms with Gasteiger partial charge in [0.25, 0.3) is 0 Å². The Kier molecular flexibility index (Phi) is 2.27. The number of aliphatic hydroxyl groups excluding tert-OH is 1. The molecule has 1 nitrogen and oxygen atoms in total. The normalized spacial score (nSPS) is 11.0. The zero-order chi connectivity index (χ0) is 9.42. The molecule has 0 saturated carbocycles. The van der Waals surface area contributed by atoms with E-state index in [0.29, 0.717) is 4.90 Å². The highest BCUT2D eigenvalue weighted by Gasteiger charge is 2.09. The number of halogens is 1. The van der Waals surface area contributed by atoms with Crippen LogP contribution in [-0.2, 0) is 6.61 Å². The first kappa shape index (κ1) is 8.99. The predicted molar refractivity (Wildman–Crippen MR) is 55.0 cm³/mol. The molecule has 2 rings (SSSR count). The Balaban J connectivity index is 2.85. The molecule has 0 aliphatic rings. The Labute approximate surface area is 84.2 Å². The van der Waals surface area contributed by atoms with Gasteiger partial charge in [-0.05, 0) is 23.1 Å². The maximum Gasteiger partial charge on any atom is 0.137 e. The molecule has 1 heterocycles. The van der Waals surface area contributed by atoms with E-state index < -0.39 is 0 Å². The number of hydrogen-bond acceptors (Lipinski definition) is 3. The van der Waals surface area contributed by atoms with Crippen molar-refractivity contribution in [2.45, 2.75) is 11.5 Å². The van der Waals surface area contributed by atoms with Crippen molar-refractivity contribution in [2.75, 3.05) is 0 Å². The number of thiophene rings is 1. The molecule has 0 aliphatic heterocycles. The van der Waals surface area contributed by atoms with E-state index in [1.54, 1.807) is 6.07 Å². The van der Waals surface area contributed by atoms with Crippen LogP contribution in [0, 0.1) is 5.82 Å². The smallest absolute Gasteiger partial charge is 0.137 e. The van der Waals surface area contributed by atoms with Crippen LogP contribution in [-0.4, -0.2) is 5.11 Å². The van der Waals surface area contributed by atoms with E-state index in [1.165, 1.54) is 17.4 Å². The van der Waals surface area contributed by atoms with Crippen molar-refractivity contribution < 1.29 is 9.50 Å². The van der Waals surface area contributed by atoms with Crippen LogP contribution in [0.25, 0.3) is 10.1 Å². The highest BCUT2D eigenvalue weighted by atomic mass is 32.1. The van der Waals surface area contributed by atoms with Gasteiger partial charge in [-0.1, -0.05) is 0 Å². The van der Waals surface area contributed by atoms with Crippen LogP contribution < -0.4 is 0 Å². The van der Waals surface area contributed by atoms with Crippen molar-refractivity contribution in [3.8, 4) is 0 Å². The second kappa shape index (κ2) is 3.29. The van der Waals surface area contributed by atoms with E-state index in [4.69, 9.17) is 5.11 Å². The Morgan fingerprint density at radius 3 is 2.92 bits per heavy atom. The molecule has 0 atom stereocenters. The fourth-order valence-corrected chi connectivity index (χ4v) is 2.64. The minimum absolute atomic E-state index is 0.0724. The zero-order valence-electron chi connectivity index (χ0n) is 6.62. The second-order valence-corrected chi connectivity index (χ2v) is 4.05. The maximum absolute atomic E-state index is 13.1. The van der Waals surface area contributed by atoms with Crippen LogP contribution >= 0.6 is 24.0 Å². The number of thiol groups is 1. The monoisotopic (exact) mass is 214 g/mol. The topological polar surface area (TPSA) is 20.2 Å². The summed E-state index contributed by atoms with van der Waals surface area (Å²) in [4.78, 5) is 0.322. The van der Waals surface area contributed by atoms with Crippen LogP contribution in [0.15, 0.2) is 22.4 Å². The van der Waals surface area contributed by atoms with E-state index in [2.05, 4.69) is 12.6 Å². The first-order valence-corrected chi connectivity index (χ1v) is 5.05. The van der Waals surface area contributed by atoms with Gasteiger partial charge in [0.1, 0.15) is 5.82 Å². The largest absolute Gasteiger partial charge is 0.392 e. The highest BCUT2D eigenvalue weighted by molar-refractivity contribution is 7.80. The van der Waals surface area contributed by atoms with Crippen molar-refractivity contribution >= 4 is 34.1 Å². The molecule has 0 aliphatic carbocycles. The van der Waals surface area contributed by atoms with Crippen LogP contribution in [0.4, 0.5) is 4.39 Å². The lowest BCUT2D eigenvalue weighted by molar-refractivity contribution is 0.283. The summed E-state index contributed by atoms with van der Waals surface area (Å²) in [6.07, 6.45) is 0. The van der Waals surface area contributed by atoms with E-state index >= 15 is 0 Å². The van der Waals surface area contributed by atoms with E-state index in [-0.39, 0.29) is 12.4 Å². The third-order valence-electron chi connectivity index (χ3n) is 1.91. The Morgan fingerprint density at radius 2 is 2.23 bits per heavy atom. The fourth-order valence-electron chi connectivity index (χ4n) is 1.27. The van der Waals surface area contributed by atoms with Gasteiger partial charge in [0.15, 0.2) is 0 Å². The summed E-state index contributed by atoms with van der Waals surface area (Å²) in [7, 11) is 0. The molecule has 0 unspecified atom stereocenters. The minimum atomic E-state index is -0.344. The standard InChI is InChI=1S/C9H7FOS2/c10-6-1-2-7-8(9(6)12)5(3-11)4-13-7/h1-2,4,11-12H,3H2. The Bertz CT molecular complexity index is 450. The number of aliphatic hydroxyl groups is 1. The lowest BCUT2D eigenvalue weighted by Gasteiger charge is -1.99. The van der Waals surface area contributed by atoms with Crippen molar-refractivity contribution in [1.82, 2.24) is 0 Å². The molecule has 0 saturated heterocycles. The summed E-state index contributed by atoms with van der Waals surface area (Å²) in [5.74, 6) is -0.344. The summed E-state index contributed by atoms with van der Waals surface area (Å²) in [5, 5.41) is 11.5. The quantitative estimate of drug-likeness (QED) is 0.699. The van der Waals surface area contributed by atoms with Crippen LogP contribution in [0.3, 0.4) is 0 Å². The summed E-state index contributed by atoms with van der Waals surface area (Å²) < 4.78 is 14.0. The van der Waals surface area contributed by atoms with Gasteiger partial charge in [-0.15, -0.1) is 24.0 Å². The van der Waals surface area contributed by atoms with Gasteiger partial charge in [0.2, 0.25) is 0 Å². The van der Waals surface area contributed by atoms with Gasteiger partial charge >= 0.3 is 0 Å².